The summed E-state index contributed by atoms with van der Waals surface area (Å²) >= 11 is 4.20. The van der Waals surface area contributed by atoms with E-state index in [0.717, 1.165) is 6.42 Å². The van der Waals surface area contributed by atoms with Gasteiger partial charge in [-0.3, -0.25) is 29.0 Å². The molecule has 17 nitrogen and oxygen atoms in total. The lowest BCUT2D eigenvalue weighted by molar-refractivity contribution is -0.143. The number of carbonyl (C=O) groups is 6. The van der Waals surface area contributed by atoms with Crippen LogP contribution in [0.3, 0.4) is 0 Å². The van der Waals surface area contributed by atoms with Gasteiger partial charge in [0.2, 0.25) is 29.5 Å². The second-order valence-electron chi connectivity index (χ2n) is 11.2. The number of nitrogens with two attached hydrogens (primary N) is 4. The van der Waals surface area contributed by atoms with Gasteiger partial charge in [-0.05, 0) is 51.0 Å². The number of carboxylic acid groups (broad SMARTS) is 1. The molecular formula is C27H50N10O7S. The van der Waals surface area contributed by atoms with Gasteiger partial charge in [-0.15, -0.1) is 0 Å². The molecule has 0 unspecified atom stereocenters. The predicted octanol–water partition coefficient (Wildman–Crippen LogP) is -3.27. The van der Waals surface area contributed by atoms with Gasteiger partial charge < -0.3 is 54.2 Å². The number of hydrogen-bond donors (Lipinski definition) is 10. The molecule has 45 heavy (non-hydrogen) atoms. The molecule has 0 bridgehead atoms. The molecule has 0 spiro atoms. The Morgan fingerprint density at radius 1 is 0.978 bits per heavy atom. The highest BCUT2D eigenvalue weighted by Gasteiger charge is 2.38. The first-order valence-electron chi connectivity index (χ1n) is 15.1. The lowest BCUT2D eigenvalue weighted by atomic mass is 10.0. The monoisotopic (exact) mass is 658 g/mol. The number of nitrogens with one attached hydrogen (secondary N) is 4. The third kappa shape index (κ3) is 13.9. The van der Waals surface area contributed by atoms with E-state index in [2.05, 4.69) is 38.9 Å². The number of unbranched alkanes of at least 4 members (excludes halogenated alkanes) is 1. The SMILES string of the molecule is CC(C)[C@H](NC(=O)[C@H](CCCN=C(N)N)NC(=O)CNC(=O)[C@@H]1CCCN1C(=O)[C@H](CS)NC(=O)[C@@H](N)CCCCN)C(=O)O. The van der Waals surface area contributed by atoms with Crippen molar-refractivity contribution in [3.05, 3.63) is 0 Å². The molecule has 0 aromatic heterocycles. The molecule has 0 saturated carbocycles. The molecule has 1 aliphatic rings. The molecule has 0 radical (unpaired) electrons. The zero-order chi connectivity index (χ0) is 34.1. The molecule has 0 aromatic rings. The Hall–Kier alpha value is -3.64. The normalized spacial score (nSPS) is 17.0. The summed E-state index contributed by atoms with van der Waals surface area (Å²) in [5.41, 5.74) is 22.1. The lowest BCUT2D eigenvalue weighted by Crippen LogP contribution is -2.57. The van der Waals surface area contributed by atoms with Crippen LogP contribution >= 0.6 is 12.6 Å². The standard InChI is InChI=1S/C27H50N10O7S/c1-15(2)21(26(43)44)36-23(40)17(8-5-11-32-27(30)31)34-20(38)13-33-24(41)19-9-6-12-37(19)25(42)18(14-45)35-22(39)16(29)7-3-4-10-28/h15-19,21,45H,3-14,28-29H2,1-2H3,(H,33,41)(H,34,38)(H,35,39)(H,36,40)(H,43,44)(H4,30,31,32)/t16-,17-,18-,19-,21-/m0/s1. The van der Waals surface area contributed by atoms with E-state index in [1.165, 1.54) is 4.90 Å². The van der Waals surface area contributed by atoms with Gasteiger partial charge in [0.1, 0.15) is 24.2 Å². The van der Waals surface area contributed by atoms with Crippen LogP contribution in [0.5, 0.6) is 0 Å². The summed E-state index contributed by atoms with van der Waals surface area (Å²) in [7, 11) is 0. The van der Waals surface area contributed by atoms with Crippen molar-refractivity contribution in [3.63, 3.8) is 0 Å². The largest absolute Gasteiger partial charge is 0.480 e. The minimum atomic E-state index is -1.23. The van der Waals surface area contributed by atoms with Gasteiger partial charge in [0.15, 0.2) is 5.96 Å². The van der Waals surface area contributed by atoms with Crippen LogP contribution in [0, 0.1) is 5.92 Å². The smallest absolute Gasteiger partial charge is 0.326 e. The number of aliphatic imine (C=N–C) groups is 1. The number of carbonyl (C=O) groups excluding carboxylic acids is 5. The van der Waals surface area contributed by atoms with Crippen molar-refractivity contribution in [1.29, 1.82) is 0 Å². The fourth-order valence-electron chi connectivity index (χ4n) is 4.68. The summed E-state index contributed by atoms with van der Waals surface area (Å²) in [6.07, 6.45) is 3.04. The number of aliphatic carboxylic acids is 1. The number of rotatable bonds is 20. The predicted molar refractivity (Wildman–Crippen MR) is 171 cm³/mol. The number of hydrogen-bond acceptors (Lipinski definition) is 10. The van der Waals surface area contributed by atoms with Gasteiger partial charge in [0.25, 0.3) is 0 Å². The third-order valence-corrected chi connectivity index (χ3v) is 7.56. The first-order valence-corrected chi connectivity index (χ1v) is 15.7. The van der Waals surface area contributed by atoms with E-state index in [4.69, 9.17) is 22.9 Å². The van der Waals surface area contributed by atoms with Crippen LogP contribution in [0.15, 0.2) is 4.99 Å². The van der Waals surface area contributed by atoms with Crippen LogP contribution in [0.4, 0.5) is 0 Å². The number of likely N-dealkylation sites (tertiary alicyclic amines) is 1. The fourth-order valence-corrected chi connectivity index (χ4v) is 4.92. The molecule has 5 atom stereocenters. The van der Waals surface area contributed by atoms with Crippen molar-refractivity contribution in [2.45, 2.75) is 89.0 Å². The van der Waals surface area contributed by atoms with E-state index in [1.54, 1.807) is 13.8 Å². The van der Waals surface area contributed by atoms with E-state index >= 15 is 0 Å². The molecule has 18 heteroatoms. The van der Waals surface area contributed by atoms with E-state index in [9.17, 15) is 33.9 Å². The van der Waals surface area contributed by atoms with Crippen LogP contribution < -0.4 is 44.2 Å². The van der Waals surface area contributed by atoms with Gasteiger partial charge >= 0.3 is 5.97 Å². The van der Waals surface area contributed by atoms with E-state index in [1.807, 2.05) is 0 Å². The third-order valence-electron chi connectivity index (χ3n) is 7.19. The molecule has 1 fully saturated rings. The molecule has 5 amide bonds. The number of carboxylic acids is 1. The van der Waals surface area contributed by atoms with E-state index in [0.29, 0.717) is 38.6 Å². The Balaban J connectivity index is 2.82. The van der Waals surface area contributed by atoms with Gasteiger partial charge in [-0.1, -0.05) is 20.3 Å². The molecule has 1 rings (SSSR count). The number of amides is 5. The van der Waals surface area contributed by atoms with Crippen molar-refractivity contribution < 1.29 is 33.9 Å². The number of guanidine groups is 1. The van der Waals surface area contributed by atoms with Crippen molar-refractivity contribution in [2.75, 3.05) is 31.9 Å². The van der Waals surface area contributed by atoms with Crippen LogP contribution in [-0.2, 0) is 28.8 Å². The van der Waals surface area contributed by atoms with Crippen LogP contribution in [0.25, 0.3) is 0 Å². The lowest BCUT2D eigenvalue weighted by Gasteiger charge is -2.28. The summed E-state index contributed by atoms with van der Waals surface area (Å²) in [4.78, 5) is 81.3. The van der Waals surface area contributed by atoms with Crippen molar-refractivity contribution in [2.24, 2.45) is 33.8 Å². The maximum Gasteiger partial charge on any atom is 0.326 e. The summed E-state index contributed by atoms with van der Waals surface area (Å²) in [6.45, 7) is 3.67. The van der Waals surface area contributed by atoms with Crippen LogP contribution in [0.1, 0.15) is 58.8 Å². The molecular weight excluding hydrogens is 608 g/mol. The summed E-state index contributed by atoms with van der Waals surface area (Å²) in [5, 5.41) is 19.5. The Bertz CT molecular complexity index is 1060. The van der Waals surface area contributed by atoms with Crippen molar-refractivity contribution in [1.82, 2.24) is 26.2 Å². The second kappa shape index (κ2) is 20.4. The molecule has 1 saturated heterocycles. The minimum absolute atomic E-state index is 0.0144. The number of thiol groups is 1. The Morgan fingerprint density at radius 3 is 2.24 bits per heavy atom. The van der Waals surface area contributed by atoms with Gasteiger partial charge in [0.05, 0.1) is 12.6 Å². The molecule has 0 aromatic carbocycles. The summed E-state index contributed by atoms with van der Waals surface area (Å²) < 4.78 is 0. The highest BCUT2D eigenvalue weighted by molar-refractivity contribution is 7.80. The number of nitrogens with zero attached hydrogens (tertiary/aromatic N) is 2. The highest BCUT2D eigenvalue weighted by atomic mass is 32.1. The molecule has 1 aliphatic heterocycles. The Morgan fingerprint density at radius 2 is 1.67 bits per heavy atom. The average molecular weight is 659 g/mol. The summed E-state index contributed by atoms with van der Waals surface area (Å²) in [5.74, 6) is -4.81. The topological polar surface area (TPSA) is 290 Å². The molecule has 1 heterocycles. The van der Waals surface area contributed by atoms with Crippen molar-refractivity contribution >= 4 is 54.1 Å². The molecule has 0 aliphatic carbocycles. The first kappa shape index (κ1) is 39.4. The quantitative estimate of drug-likeness (QED) is 0.0268. The maximum absolute atomic E-state index is 13.3. The van der Waals surface area contributed by atoms with Crippen LogP contribution in [0.2, 0.25) is 0 Å². The van der Waals surface area contributed by atoms with E-state index < -0.39 is 78.2 Å². The van der Waals surface area contributed by atoms with Crippen molar-refractivity contribution in [3.8, 4) is 0 Å². The molecule has 256 valence electrons. The Labute approximate surface area is 268 Å². The van der Waals surface area contributed by atoms with Gasteiger partial charge in [-0.25, -0.2) is 4.79 Å². The van der Waals surface area contributed by atoms with Gasteiger partial charge in [0, 0.05) is 18.8 Å². The fraction of sp³-hybridized carbons (Fsp3) is 0.741. The minimum Gasteiger partial charge on any atom is -0.480 e. The van der Waals surface area contributed by atoms with E-state index in [-0.39, 0.29) is 31.2 Å². The summed E-state index contributed by atoms with van der Waals surface area (Å²) in [6, 6.07) is -5.02. The Kier molecular flexibility index (Phi) is 17.9. The first-order chi connectivity index (χ1) is 21.2. The van der Waals surface area contributed by atoms with Gasteiger partial charge in [-0.2, -0.15) is 12.6 Å². The van der Waals surface area contributed by atoms with Crippen LogP contribution in [-0.4, -0.2) is 114 Å². The second-order valence-corrected chi connectivity index (χ2v) is 11.5. The highest BCUT2D eigenvalue weighted by Crippen LogP contribution is 2.19. The zero-order valence-electron chi connectivity index (χ0n) is 26.0. The maximum atomic E-state index is 13.3. The average Bonchev–Trinajstić information content (AvgIpc) is 3.48. The molecule has 13 N–H and O–H groups in total. The zero-order valence-corrected chi connectivity index (χ0v) is 26.9.